The van der Waals surface area contributed by atoms with Crippen molar-refractivity contribution in [2.24, 2.45) is 0 Å². The maximum Gasteiger partial charge on any atom is 0.435 e. The number of aryl methyl sites for hydroxylation is 1. The Morgan fingerprint density at radius 1 is 1.28 bits per heavy atom. The highest BCUT2D eigenvalue weighted by atomic mass is 35.5. The van der Waals surface area contributed by atoms with Gasteiger partial charge in [0.2, 0.25) is 5.91 Å². The summed E-state index contributed by atoms with van der Waals surface area (Å²) >= 11 is 12.3. The van der Waals surface area contributed by atoms with Gasteiger partial charge in [0.1, 0.15) is 6.04 Å². The molecular formula is C18H16Cl2F3N5O. The second-order valence-electron chi connectivity index (χ2n) is 6.41. The quantitative estimate of drug-likeness (QED) is 0.603. The standard InChI is InChI=1S/C18H16Cl2F3N5O/c1-10-6-16(18(21,22)23)26-28(10)11(2)17(29)25-12-7-24-27(8-12)9-13-14(19)4-3-5-15(13)20/h3-8,11H,9H2,1-2H3,(H,25,29). The highest BCUT2D eigenvalue weighted by Gasteiger charge is 2.35. The fraction of sp³-hybridized carbons (Fsp3) is 0.278. The lowest BCUT2D eigenvalue weighted by Gasteiger charge is -2.13. The van der Waals surface area contributed by atoms with Gasteiger partial charge in [-0.3, -0.25) is 14.2 Å². The van der Waals surface area contributed by atoms with Gasteiger partial charge >= 0.3 is 6.18 Å². The Hall–Kier alpha value is -2.52. The summed E-state index contributed by atoms with van der Waals surface area (Å²) in [5.74, 6) is -0.528. The molecule has 3 aromatic rings. The van der Waals surface area contributed by atoms with Crippen LogP contribution in [0.4, 0.5) is 18.9 Å². The molecule has 0 spiro atoms. The van der Waals surface area contributed by atoms with Gasteiger partial charge in [0.25, 0.3) is 0 Å². The number of nitrogens with zero attached hydrogens (tertiary/aromatic N) is 4. The number of benzene rings is 1. The van der Waals surface area contributed by atoms with Gasteiger partial charge in [-0.1, -0.05) is 29.3 Å². The van der Waals surface area contributed by atoms with E-state index in [2.05, 4.69) is 15.5 Å². The minimum Gasteiger partial charge on any atom is -0.322 e. The van der Waals surface area contributed by atoms with Crippen molar-refractivity contribution in [1.82, 2.24) is 19.6 Å². The molecule has 0 bridgehead atoms. The van der Waals surface area contributed by atoms with Crippen molar-refractivity contribution < 1.29 is 18.0 Å². The fourth-order valence-corrected chi connectivity index (χ4v) is 3.25. The van der Waals surface area contributed by atoms with Crippen molar-refractivity contribution >= 4 is 34.8 Å². The number of rotatable bonds is 5. The van der Waals surface area contributed by atoms with E-state index in [9.17, 15) is 18.0 Å². The van der Waals surface area contributed by atoms with Gasteiger partial charge in [-0.15, -0.1) is 0 Å². The first-order valence-corrected chi connectivity index (χ1v) is 9.21. The van der Waals surface area contributed by atoms with Crippen LogP contribution in [0.3, 0.4) is 0 Å². The van der Waals surface area contributed by atoms with Gasteiger partial charge in [0, 0.05) is 27.5 Å². The number of hydrogen-bond donors (Lipinski definition) is 1. The van der Waals surface area contributed by atoms with Crippen molar-refractivity contribution in [3.63, 3.8) is 0 Å². The van der Waals surface area contributed by atoms with E-state index in [1.807, 2.05) is 0 Å². The predicted molar refractivity (Wildman–Crippen MR) is 103 cm³/mol. The summed E-state index contributed by atoms with van der Waals surface area (Å²) in [6.07, 6.45) is -1.58. The Kier molecular flexibility index (Phi) is 5.90. The molecule has 2 heterocycles. The molecule has 154 valence electrons. The number of carbonyl (C=O) groups excluding carboxylic acids is 1. The van der Waals surface area contributed by atoms with E-state index in [0.717, 1.165) is 10.7 Å². The monoisotopic (exact) mass is 445 g/mol. The van der Waals surface area contributed by atoms with Crippen LogP contribution in [0.5, 0.6) is 0 Å². The third-order valence-electron chi connectivity index (χ3n) is 4.24. The highest BCUT2D eigenvalue weighted by Crippen LogP contribution is 2.29. The maximum absolute atomic E-state index is 12.8. The van der Waals surface area contributed by atoms with E-state index < -0.39 is 23.8 Å². The van der Waals surface area contributed by atoms with E-state index >= 15 is 0 Å². The second-order valence-corrected chi connectivity index (χ2v) is 7.22. The first kappa shape index (κ1) is 21.2. The Labute approximate surface area is 174 Å². The third-order valence-corrected chi connectivity index (χ3v) is 4.95. The van der Waals surface area contributed by atoms with E-state index in [0.29, 0.717) is 21.3 Å². The number of halogens is 5. The molecule has 29 heavy (non-hydrogen) atoms. The normalized spacial score (nSPS) is 12.8. The Balaban J connectivity index is 1.71. The Bertz CT molecular complexity index is 1020. The van der Waals surface area contributed by atoms with E-state index in [-0.39, 0.29) is 12.2 Å². The SMILES string of the molecule is Cc1cc(C(F)(F)F)nn1C(C)C(=O)Nc1cnn(Cc2c(Cl)cccc2Cl)c1. The number of alkyl halides is 3. The Morgan fingerprint density at radius 2 is 1.93 bits per heavy atom. The first-order valence-electron chi connectivity index (χ1n) is 8.46. The van der Waals surface area contributed by atoms with Crippen LogP contribution >= 0.6 is 23.2 Å². The Morgan fingerprint density at radius 3 is 2.52 bits per heavy atom. The van der Waals surface area contributed by atoms with Crippen LogP contribution in [-0.2, 0) is 17.5 Å². The van der Waals surface area contributed by atoms with Crippen LogP contribution in [0.15, 0.2) is 36.7 Å². The largest absolute Gasteiger partial charge is 0.435 e. The molecule has 0 fully saturated rings. The van der Waals surface area contributed by atoms with Crippen LogP contribution in [0.2, 0.25) is 10.0 Å². The lowest BCUT2D eigenvalue weighted by Crippen LogP contribution is -2.25. The molecule has 1 atom stereocenters. The zero-order valence-electron chi connectivity index (χ0n) is 15.3. The molecule has 0 aliphatic rings. The maximum atomic E-state index is 12.8. The zero-order valence-corrected chi connectivity index (χ0v) is 16.8. The van der Waals surface area contributed by atoms with Gasteiger partial charge < -0.3 is 5.32 Å². The summed E-state index contributed by atoms with van der Waals surface area (Å²) < 4.78 is 41.0. The number of nitrogens with one attached hydrogen (secondary N) is 1. The minimum atomic E-state index is -4.58. The van der Waals surface area contributed by atoms with Crippen LogP contribution in [0, 0.1) is 6.92 Å². The zero-order chi connectivity index (χ0) is 21.3. The molecule has 1 unspecified atom stereocenters. The van der Waals surface area contributed by atoms with Crippen molar-refractivity contribution in [1.29, 1.82) is 0 Å². The molecule has 0 saturated carbocycles. The minimum absolute atomic E-state index is 0.226. The van der Waals surface area contributed by atoms with Gasteiger partial charge in [0.05, 0.1) is 18.4 Å². The van der Waals surface area contributed by atoms with Crippen molar-refractivity contribution in [2.45, 2.75) is 32.6 Å². The van der Waals surface area contributed by atoms with Gasteiger partial charge in [-0.2, -0.15) is 23.4 Å². The summed E-state index contributed by atoms with van der Waals surface area (Å²) in [5, 5.41) is 11.2. The number of aromatic nitrogens is 4. The molecule has 1 N–H and O–H groups in total. The van der Waals surface area contributed by atoms with Crippen molar-refractivity contribution in [3.8, 4) is 0 Å². The van der Waals surface area contributed by atoms with Crippen molar-refractivity contribution in [3.05, 3.63) is 63.7 Å². The second kappa shape index (κ2) is 8.08. The van der Waals surface area contributed by atoms with E-state index in [1.54, 1.807) is 24.4 Å². The average Bonchev–Trinajstić information content (AvgIpc) is 3.23. The fourth-order valence-electron chi connectivity index (χ4n) is 2.74. The molecule has 0 radical (unpaired) electrons. The van der Waals surface area contributed by atoms with Crippen LogP contribution in [0.25, 0.3) is 0 Å². The summed E-state index contributed by atoms with van der Waals surface area (Å²) in [5.41, 5.74) is 0.242. The third kappa shape index (κ3) is 4.73. The molecular weight excluding hydrogens is 430 g/mol. The lowest BCUT2D eigenvalue weighted by molar-refractivity contribution is -0.141. The molecule has 11 heteroatoms. The molecule has 3 rings (SSSR count). The summed E-state index contributed by atoms with van der Waals surface area (Å²) in [4.78, 5) is 12.5. The number of amides is 1. The number of anilines is 1. The van der Waals surface area contributed by atoms with Crippen molar-refractivity contribution in [2.75, 3.05) is 5.32 Å². The molecule has 6 nitrogen and oxygen atoms in total. The predicted octanol–water partition coefficient (Wildman–Crippen LogP) is 4.96. The number of hydrogen-bond acceptors (Lipinski definition) is 3. The smallest absolute Gasteiger partial charge is 0.322 e. The molecule has 1 aromatic carbocycles. The highest BCUT2D eigenvalue weighted by molar-refractivity contribution is 6.35. The van der Waals surface area contributed by atoms with Gasteiger partial charge in [-0.05, 0) is 32.0 Å². The van der Waals surface area contributed by atoms with E-state index in [4.69, 9.17) is 23.2 Å². The van der Waals surface area contributed by atoms with Crippen LogP contribution in [0.1, 0.15) is 29.9 Å². The van der Waals surface area contributed by atoms with Gasteiger partial charge in [0.15, 0.2) is 5.69 Å². The molecule has 0 aliphatic heterocycles. The summed E-state index contributed by atoms with van der Waals surface area (Å²) in [6.45, 7) is 3.21. The van der Waals surface area contributed by atoms with Gasteiger partial charge in [-0.25, -0.2) is 0 Å². The molecule has 0 saturated heterocycles. The molecule has 2 aromatic heterocycles. The molecule has 1 amide bonds. The summed E-state index contributed by atoms with van der Waals surface area (Å²) in [7, 11) is 0. The number of carbonyl (C=O) groups is 1. The van der Waals surface area contributed by atoms with E-state index in [1.165, 1.54) is 24.7 Å². The lowest BCUT2D eigenvalue weighted by atomic mass is 10.2. The van der Waals surface area contributed by atoms with Crippen LogP contribution < -0.4 is 5.32 Å². The topological polar surface area (TPSA) is 64.7 Å². The van der Waals surface area contributed by atoms with Crippen LogP contribution in [-0.4, -0.2) is 25.5 Å². The first-order chi connectivity index (χ1) is 13.6. The summed E-state index contributed by atoms with van der Waals surface area (Å²) in [6, 6.07) is 5.09. The average molecular weight is 446 g/mol. The molecule has 0 aliphatic carbocycles.